The molecule has 0 radical (unpaired) electrons. The molecule has 0 saturated heterocycles. The molecule has 0 aliphatic heterocycles. The second-order valence-corrected chi connectivity index (χ2v) is 10.3. The van der Waals surface area contributed by atoms with Gasteiger partial charge in [0.25, 0.3) is 0 Å². The van der Waals surface area contributed by atoms with E-state index in [9.17, 15) is 15.3 Å². The van der Waals surface area contributed by atoms with Crippen molar-refractivity contribution < 1.29 is 29.5 Å². The molecule has 1 saturated carbocycles. The van der Waals surface area contributed by atoms with Crippen LogP contribution in [0, 0.1) is 12.8 Å². The summed E-state index contributed by atoms with van der Waals surface area (Å²) in [6, 6.07) is 12.9. The van der Waals surface area contributed by atoms with E-state index in [0.29, 0.717) is 35.0 Å². The number of methoxy groups -OCH3 is 2. The largest absolute Gasteiger partial charge is 0.497 e. The average molecular weight is 539 g/mol. The summed E-state index contributed by atoms with van der Waals surface area (Å²) in [5.74, 6) is 1.28. The summed E-state index contributed by atoms with van der Waals surface area (Å²) >= 11 is 1.52. The van der Waals surface area contributed by atoms with E-state index >= 15 is 0 Å². The maximum absolute atomic E-state index is 10.7. The van der Waals surface area contributed by atoms with Crippen molar-refractivity contribution in [2.45, 2.75) is 38.2 Å². The number of aryl methyl sites for hydroxylation is 1. The van der Waals surface area contributed by atoms with Crippen LogP contribution in [0.2, 0.25) is 0 Å². The fourth-order valence-electron chi connectivity index (χ4n) is 4.67. The summed E-state index contributed by atoms with van der Waals surface area (Å²) in [5, 5.41) is 34.6. The topological polar surface area (TPSA) is 139 Å². The van der Waals surface area contributed by atoms with Gasteiger partial charge in [0.1, 0.15) is 35.0 Å². The van der Waals surface area contributed by atoms with Crippen LogP contribution in [0.1, 0.15) is 17.7 Å². The molecule has 1 fully saturated rings. The molecule has 1 aliphatic rings. The minimum atomic E-state index is -1.07. The summed E-state index contributed by atoms with van der Waals surface area (Å²) in [7, 11) is 3.17. The van der Waals surface area contributed by atoms with Crippen LogP contribution >= 0.6 is 11.3 Å². The SMILES string of the molecule is COc1cc(COc2nc(C)c(-c3nc4ccccc4s3)c(NC3CC(CO)C(O)C3O)n2)cc(OC)c1. The molecule has 2 aromatic carbocycles. The first-order valence-electron chi connectivity index (χ1n) is 12.2. The normalized spacial score (nSPS) is 21.0. The number of fused-ring (bicyclic) bond motifs is 1. The molecule has 1 aliphatic carbocycles. The van der Waals surface area contributed by atoms with Crippen molar-refractivity contribution in [3.05, 3.63) is 53.7 Å². The number of hydrogen-bond acceptors (Lipinski definition) is 11. The van der Waals surface area contributed by atoms with Gasteiger partial charge in [-0.2, -0.15) is 9.97 Å². The van der Waals surface area contributed by atoms with E-state index in [4.69, 9.17) is 19.2 Å². The Balaban J connectivity index is 1.49. The number of hydrogen-bond donors (Lipinski definition) is 4. The van der Waals surface area contributed by atoms with Gasteiger partial charge in [0.15, 0.2) is 0 Å². The maximum atomic E-state index is 10.7. The zero-order chi connectivity index (χ0) is 26.8. The van der Waals surface area contributed by atoms with Gasteiger partial charge in [0.05, 0.1) is 47.8 Å². The van der Waals surface area contributed by atoms with E-state index in [-0.39, 0.29) is 19.2 Å². The quantitative estimate of drug-likeness (QED) is 0.251. The van der Waals surface area contributed by atoms with Gasteiger partial charge in [-0.15, -0.1) is 11.3 Å². The molecule has 200 valence electrons. The van der Waals surface area contributed by atoms with E-state index in [1.54, 1.807) is 20.3 Å². The molecule has 0 amide bonds. The molecule has 2 heterocycles. The molecule has 4 aromatic rings. The van der Waals surface area contributed by atoms with Crippen LogP contribution in [0.4, 0.5) is 5.82 Å². The molecule has 4 atom stereocenters. The van der Waals surface area contributed by atoms with Gasteiger partial charge in [0.2, 0.25) is 0 Å². The van der Waals surface area contributed by atoms with Crippen molar-refractivity contribution in [2.24, 2.45) is 5.92 Å². The molecule has 11 heteroatoms. The number of rotatable bonds is 9. The Bertz CT molecular complexity index is 1370. The number of aromatic nitrogens is 3. The summed E-state index contributed by atoms with van der Waals surface area (Å²) in [6.45, 7) is 1.80. The Morgan fingerprint density at radius 2 is 1.74 bits per heavy atom. The Hall–Kier alpha value is -3.51. The zero-order valence-electron chi connectivity index (χ0n) is 21.3. The van der Waals surface area contributed by atoms with Gasteiger partial charge in [-0.3, -0.25) is 0 Å². The third kappa shape index (κ3) is 5.23. The Labute approximate surface area is 223 Å². The van der Waals surface area contributed by atoms with E-state index < -0.39 is 24.2 Å². The van der Waals surface area contributed by atoms with Gasteiger partial charge in [-0.05, 0) is 43.2 Å². The Morgan fingerprint density at radius 3 is 2.39 bits per heavy atom. The maximum Gasteiger partial charge on any atom is 0.318 e. The number of benzene rings is 2. The number of aliphatic hydroxyl groups excluding tert-OH is 3. The molecular formula is C27H30N4O6S. The highest BCUT2D eigenvalue weighted by Gasteiger charge is 2.41. The van der Waals surface area contributed by atoms with Gasteiger partial charge < -0.3 is 34.8 Å². The van der Waals surface area contributed by atoms with Crippen molar-refractivity contribution >= 4 is 27.4 Å². The lowest BCUT2D eigenvalue weighted by Gasteiger charge is -2.21. The van der Waals surface area contributed by atoms with Gasteiger partial charge in [-0.1, -0.05) is 12.1 Å². The molecule has 0 spiro atoms. The number of anilines is 1. The first kappa shape index (κ1) is 26.1. The fourth-order valence-corrected chi connectivity index (χ4v) is 5.74. The Morgan fingerprint density at radius 1 is 1.00 bits per heavy atom. The van der Waals surface area contributed by atoms with Crippen LogP contribution in [0.25, 0.3) is 20.8 Å². The highest BCUT2D eigenvalue weighted by atomic mass is 32.1. The lowest BCUT2D eigenvalue weighted by atomic mass is 10.1. The number of ether oxygens (including phenoxy) is 3. The lowest BCUT2D eigenvalue weighted by molar-refractivity contribution is 0.00445. The van der Waals surface area contributed by atoms with Crippen molar-refractivity contribution in [1.29, 1.82) is 0 Å². The monoisotopic (exact) mass is 538 g/mol. The first-order valence-corrected chi connectivity index (χ1v) is 13.0. The van der Waals surface area contributed by atoms with Crippen molar-refractivity contribution in [1.82, 2.24) is 15.0 Å². The molecular weight excluding hydrogens is 508 g/mol. The Kier molecular flexibility index (Phi) is 7.61. The summed E-state index contributed by atoms with van der Waals surface area (Å²) in [4.78, 5) is 14.0. The third-order valence-electron chi connectivity index (χ3n) is 6.71. The van der Waals surface area contributed by atoms with Gasteiger partial charge in [0, 0.05) is 18.6 Å². The predicted octanol–water partition coefficient (Wildman–Crippen LogP) is 3.17. The highest BCUT2D eigenvalue weighted by molar-refractivity contribution is 7.21. The van der Waals surface area contributed by atoms with Gasteiger partial charge in [-0.25, -0.2) is 4.98 Å². The zero-order valence-corrected chi connectivity index (χ0v) is 22.1. The standard InChI is InChI=1S/C27H30N4O6S/c1-14-22(26-30-19-6-4-5-7-21(19)38-26)25(29-20-10-16(12-32)23(33)24(20)34)31-27(28-14)37-13-15-8-17(35-2)11-18(9-15)36-3/h4-9,11,16,20,23-24,32-34H,10,12-13H2,1-3H3,(H,28,29,31). The second kappa shape index (κ2) is 11.1. The lowest BCUT2D eigenvalue weighted by Crippen LogP contribution is -2.35. The number of nitrogens with one attached hydrogen (secondary N) is 1. The number of thiazole rings is 1. The highest BCUT2D eigenvalue weighted by Crippen LogP contribution is 2.38. The third-order valence-corrected chi connectivity index (χ3v) is 7.77. The van der Waals surface area contributed by atoms with Crippen molar-refractivity contribution in [2.75, 3.05) is 26.1 Å². The molecule has 0 bridgehead atoms. The van der Waals surface area contributed by atoms with Crippen LogP contribution in [0.3, 0.4) is 0 Å². The van der Waals surface area contributed by atoms with Crippen LogP contribution in [-0.4, -0.2) is 69.3 Å². The van der Waals surface area contributed by atoms with E-state index in [1.165, 1.54) is 11.3 Å². The van der Waals surface area contributed by atoms with Crippen LogP contribution < -0.4 is 19.5 Å². The summed E-state index contributed by atoms with van der Waals surface area (Å²) in [6.07, 6.45) is -1.73. The van der Waals surface area contributed by atoms with Crippen LogP contribution in [-0.2, 0) is 6.61 Å². The van der Waals surface area contributed by atoms with Crippen molar-refractivity contribution in [3.63, 3.8) is 0 Å². The number of nitrogens with zero attached hydrogens (tertiary/aromatic N) is 3. The predicted molar refractivity (Wildman–Crippen MR) is 144 cm³/mol. The molecule has 4 N–H and O–H groups in total. The van der Waals surface area contributed by atoms with E-state index in [2.05, 4.69) is 15.3 Å². The van der Waals surface area contributed by atoms with Crippen LogP contribution in [0.15, 0.2) is 42.5 Å². The molecule has 5 rings (SSSR count). The number of para-hydroxylation sites is 1. The smallest absolute Gasteiger partial charge is 0.318 e. The van der Waals surface area contributed by atoms with E-state index in [1.807, 2.05) is 43.3 Å². The second-order valence-electron chi connectivity index (χ2n) is 9.22. The molecule has 38 heavy (non-hydrogen) atoms. The average Bonchev–Trinajstić information content (AvgIpc) is 3.47. The van der Waals surface area contributed by atoms with E-state index in [0.717, 1.165) is 20.8 Å². The molecule has 10 nitrogen and oxygen atoms in total. The van der Waals surface area contributed by atoms with Gasteiger partial charge >= 0.3 is 6.01 Å². The first-order chi connectivity index (χ1) is 18.4. The summed E-state index contributed by atoms with van der Waals surface area (Å²) in [5.41, 5.74) is 3.01. The van der Waals surface area contributed by atoms with Crippen LogP contribution in [0.5, 0.6) is 17.5 Å². The minimum Gasteiger partial charge on any atom is -0.497 e. The summed E-state index contributed by atoms with van der Waals surface area (Å²) < 4.78 is 17.7. The molecule has 4 unspecified atom stereocenters. The minimum absolute atomic E-state index is 0.142. The fraction of sp³-hybridized carbons (Fsp3) is 0.370. The van der Waals surface area contributed by atoms with Crippen molar-refractivity contribution in [3.8, 4) is 28.1 Å². The number of aliphatic hydroxyl groups is 3. The molecule has 2 aromatic heterocycles.